The van der Waals surface area contributed by atoms with Crippen molar-refractivity contribution < 1.29 is 19.0 Å². The molecule has 26 heavy (non-hydrogen) atoms. The van der Waals surface area contributed by atoms with Crippen LogP contribution in [0.1, 0.15) is 10.4 Å². The quantitative estimate of drug-likeness (QED) is 0.295. The van der Waals surface area contributed by atoms with Crippen LogP contribution in [0.4, 0.5) is 5.69 Å². The number of nitrogens with zero attached hydrogens (tertiary/aromatic N) is 3. The van der Waals surface area contributed by atoms with Crippen LogP contribution >= 0.6 is 0 Å². The third kappa shape index (κ3) is 3.89. The number of hydrogen-bond donors (Lipinski definition) is 0. The minimum absolute atomic E-state index is 0.0430. The molecule has 1 heterocycles. The number of benzene rings is 2. The van der Waals surface area contributed by atoms with Crippen molar-refractivity contribution in [2.24, 2.45) is 0 Å². The van der Waals surface area contributed by atoms with Crippen molar-refractivity contribution in [3.8, 4) is 17.0 Å². The van der Waals surface area contributed by atoms with Crippen LogP contribution in [0.25, 0.3) is 11.3 Å². The highest BCUT2D eigenvalue weighted by Gasteiger charge is 2.13. The Balaban J connectivity index is 1.72. The summed E-state index contributed by atoms with van der Waals surface area (Å²) in [7, 11) is 1.61. The van der Waals surface area contributed by atoms with Crippen molar-refractivity contribution in [3.63, 3.8) is 0 Å². The van der Waals surface area contributed by atoms with Crippen molar-refractivity contribution in [3.05, 3.63) is 82.8 Å². The maximum atomic E-state index is 12.3. The molecule has 130 valence electrons. The van der Waals surface area contributed by atoms with E-state index >= 15 is 0 Å². The molecule has 0 N–H and O–H groups in total. The zero-order chi connectivity index (χ0) is 18.5. The Hall–Kier alpha value is -3.61. The van der Waals surface area contributed by atoms with Gasteiger partial charge in [-0.2, -0.15) is 0 Å². The van der Waals surface area contributed by atoms with E-state index in [9.17, 15) is 14.9 Å². The van der Waals surface area contributed by atoms with Gasteiger partial charge in [0.2, 0.25) is 5.78 Å². The van der Waals surface area contributed by atoms with E-state index in [1.54, 1.807) is 24.2 Å². The highest BCUT2D eigenvalue weighted by atomic mass is 16.6. The van der Waals surface area contributed by atoms with Gasteiger partial charge in [-0.05, 0) is 29.2 Å². The highest BCUT2D eigenvalue weighted by molar-refractivity contribution is 5.95. The largest absolute Gasteiger partial charge is 0.497 e. The summed E-state index contributed by atoms with van der Waals surface area (Å²) in [6, 6.07) is 14.9. The second-order valence-corrected chi connectivity index (χ2v) is 5.58. The minimum atomic E-state index is -0.496. The first kappa shape index (κ1) is 17.2. The number of non-ortho nitro benzene ring substituents is 1. The lowest BCUT2D eigenvalue weighted by Crippen LogP contribution is -2.37. The van der Waals surface area contributed by atoms with Gasteiger partial charge in [0.25, 0.3) is 12.0 Å². The van der Waals surface area contributed by atoms with E-state index in [4.69, 9.17) is 4.74 Å². The highest BCUT2D eigenvalue weighted by Crippen LogP contribution is 2.21. The van der Waals surface area contributed by atoms with Crippen molar-refractivity contribution in [2.45, 2.75) is 6.54 Å². The predicted octanol–water partition coefficient (Wildman–Crippen LogP) is 2.84. The number of aromatic nitrogens is 2. The van der Waals surface area contributed by atoms with E-state index in [2.05, 4.69) is 4.98 Å². The number of hydrogen-bond acceptors (Lipinski definition) is 5. The van der Waals surface area contributed by atoms with E-state index in [-0.39, 0.29) is 18.0 Å². The van der Waals surface area contributed by atoms with Crippen LogP contribution in [0.5, 0.6) is 5.75 Å². The lowest BCUT2D eigenvalue weighted by molar-refractivity contribution is -0.686. The first-order chi connectivity index (χ1) is 12.6. The molecule has 0 unspecified atom stereocenters. The molecular weight excluding hydrogens is 334 g/mol. The van der Waals surface area contributed by atoms with Crippen molar-refractivity contribution >= 4 is 11.5 Å². The second-order valence-electron chi connectivity index (χ2n) is 5.58. The SMILES string of the molecule is COc1cccc(-c2cc[n+](CC(=O)c3ccc([N+](=O)[O-])cc3)cn2)c1. The lowest BCUT2D eigenvalue weighted by Gasteiger charge is -2.02. The molecule has 0 aliphatic rings. The molecule has 0 aliphatic heterocycles. The fraction of sp³-hybridized carbons (Fsp3) is 0.105. The topological polar surface area (TPSA) is 86.2 Å². The molecule has 0 spiro atoms. The number of ether oxygens (including phenoxy) is 1. The molecule has 2 aromatic carbocycles. The third-order valence-electron chi connectivity index (χ3n) is 3.86. The first-order valence-corrected chi connectivity index (χ1v) is 7.84. The van der Waals surface area contributed by atoms with E-state index in [0.717, 1.165) is 17.0 Å². The van der Waals surface area contributed by atoms with Crippen LogP contribution in [0.15, 0.2) is 67.1 Å². The number of Topliss-reactive ketones (excluding diaryl/α,β-unsaturated/α-hetero) is 1. The fourth-order valence-electron chi connectivity index (χ4n) is 2.46. The Kier molecular flexibility index (Phi) is 4.98. The van der Waals surface area contributed by atoms with Gasteiger partial charge in [-0.15, -0.1) is 0 Å². The van der Waals surface area contributed by atoms with Crippen LogP contribution in [0, 0.1) is 10.1 Å². The molecule has 0 aliphatic carbocycles. The number of nitro benzene ring substituents is 1. The minimum Gasteiger partial charge on any atom is -0.497 e. The number of carbonyl (C=O) groups excluding carboxylic acids is 1. The maximum absolute atomic E-state index is 12.3. The summed E-state index contributed by atoms with van der Waals surface area (Å²) in [6.45, 7) is 0.100. The van der Waals surface area contributed by atoms with Crippen LogP contribution in [-0.2, 0) is 6.54 Å². The normalized spacial score (nSPS) is 10.3. The first-order valence-electron chi connectivity index (χ1n) is 7.84. The van der Waals surface area contributed by atoms with Gasteiger partial charge >= 0.3 is 0 Å². The van der Waals surface area contributed by atoms with Crippen LogP contribution in [-0.4, -0.2) is 22.8 Å². The summed E-state index contributed by atoms with van der Waals surface area (Å²) < 4.78 is 6.87. The van der Waals surface area contributed by atoms with Gasteiger partial charge in [0, 0.05) is 29.3 Å². The number of carbonyl (C=O) groups is 1. The molecule has 3 aromatic rings. The molecular formula is C19H16N3O4+. The number of nitro groups is 1. The van der Waals surface area contributed by atoms with Crippen molar-refractivity contribution in [2.75, 3.05) is 7.11 Å². The molecule has 0 bridgehead atoms. The summed E-state index contributed by atoms with van der Waals surface area (Å²) in [5.74, 6) is 0.593. The van der Waals surface area contributed by atoms with Crippen LogP contribution in [0.3, 0.4) is 0 Å². The molecule has 0 amide bonds. The zero-order valence-electron chi connectivity index (χ0n) is 14.0. The average molecular weight is 350 g/mol. The molecule has 0 saturated heterocycles. The molecule has 0 saturated carbocycles. The molecule has 0 fully saturated rings. The Bertz CT molecular complexity index is 938. The van der Waals surface area contributed by atoms with Gasteiger partial charge in [-0.25, -0.2) is 4.57 Å². The zero-order valence-corrected chi connectivity index (χ0v) is 14.0. The van der Waals surface area contributed by atoms with Gasteiger partial charge in [0.15, 0.2) is 12.2 Å². The molecule has 7 heteroatoms. The number of methoxy groups -OCH3 is 1. The van der Waals surface area contributed by atoms with E-state index in [0.29, 0.717) is 5.56 Å². The van der Waals surface area contributed by atoms with E-state index in [1.165, 1.54) is 24.3 Å². The Morgan fingerprint density at radius 1 is 1.19 bits per heavy atom. The molecule has 0 atom stereocenters. The Labute approximate surface area is 149 Å². The summed E-state index contributed by atoms with van der Waals surface area (Å²) in [5.41, 5.74) is 2.06. The van der Waals surface area contributed by atoms with E-state index < -0.39 is 4.92 Å². The van der Waals surface area contributed by atoms with Crippen LogP contribution < -0.4 is 9.30 Å². The van der Waals surface area contributed by atoms with Crippen molar-refractivity contribution in [1.29, 1.82) is 0 Å². The van der Waals surface area contributed by atoms with Gasteiger partial charge in [0.1, 0.15) is 5.75 Å². The monoisotopic (exact) mass is 350 g/mol. The van der Waals surface area contributed by atoms with Crippen molar-refractivity contribution in [1.82, 2.24) is 4.98 Å². The van der Waals surface area contributed by atoms with E-state index in [1.807, 2.05) is 30.3 Å². The average Bonchev–Trinajstić information content (AvgIpc) is 2.68. The summed E-state index contributed by atoms with van der Waals surface area (Å²) >= 11 is 0. The summed E-state index contributed by atoms with van der Waals surface area (Å²) in [5, 5.41) is 10.7. The molecule has 7 nitrogen and oxygen atoms in total. The number of rotatable bonds is 6. The predicted molar refractivity (Wildman–Crippen MR) is 93.8 cm³/mol. The summed E-state index contributed by atoms with van der Waals surface area (Å²) in [6.07, 6.45) is 3.35. The van der Waals surface area contributed by atoms with Gasteiger partial charge in [0.05, 0.1) is 18.2 Å². The molecule has 1 aromatic heterocycles. The second kappa shape index (κ2) is 7.52. The summed E-state index contributed by atoms with van der Waals surface area (Å²) in [4.78, 5) is 26.8. The smallest absolute Gasteiger partial charge is 0.287 e. The Morgan fingerprint density at radius 2 is 1.96 bits per heavy atom. The third-order valence-corrected chi connectivity index (χ3v) is 3.86. The lowest BCUT2D eigenvalue weighted by atomic mass is 10.1. The molecule has 3 rings (SSSR count). The maximum Gasteiger partial charge on any atom is 0.287 e. The van der Waals surface area contributed by atoms with Crippen LogP contribution in [0.2, 0.25) is 0 Å². The van der Waals surface area contributed by atoms with Gasteiger partial charge in [-0.3, -0.25) is 14.9 Å². The standard InChI is InChI=1S/C19H16N3O4/c1-26-17-4-2-3-15(11-17)18-9-10-21(13-20-18)12-19(23)14-5-7-16(8-6-14)22(24)25/h2-11,13H,12H2,1H3/q+1. The van der Waals surface area contributed by atoms with Gasteiger partial charge < -0.3 is 4.74 Å². The molecule has 0 radical (unpaired) electrons. The number of ketones is 1. The Morgan fingerprint density at radius 3 is 2.58 bits per heavy atom. The van der Waals surface area contributed by atoms with Gasteiger partial charge in [-0.1, -0.05) is 12.1 Å². The fourth-order valence-corrected chi connectivity index (χ4v) is 2.46.